The SMILES string of the molecule is CC(C)[Si](OC[C@H]1OC(c2nc3ccccc3n2C)=C[C@@H](O[Si](C(C)C)(C(C)C)C(C)C)[C@@H]1O[Si](C(C)C)(C(C)C)C(C)C)(C(C)C)C(C)C. The summed E-state index contributed by atoms with van der Waals surface area (Å²) < 4.78 is 32.5. The average molecular weight is 745 g/mol. The van der Waals surface area contributed by atoms with Gasteiger partial charge in [0.2, 0.25) is 25.0 Å². The Bertz CT molecular complexity index is 1350. The number of rotatable bonds is 17. The van der Waals surface area contributed by atoms with Crippen molar-refractivity contribution in [2.24, 2.45) is 7.05 Å². The number of fused-ring (bicyclic) bond motifs is 1. The summed E-state index contributed by atoms with van der Waals surface area (Å²) in [5.41, 5.74) is 6.00. The van der Waals surface area contributed by atoms with E-state index in [-0.39, 0.29) is 18.3 Å². The number of nitrogens with zero attached hydrogens (tertiary/aromatic N) is 2. The van der Waals surface area contributed by atoms with Crippen molar-refractivity contribution in [1.82, 2.24) is 9.55 Å². The van der Waals surface area contributed by atoms with Crippen molar-refractivity contribution in [1.29, 1.82) is 0 Å². The van der Waals surface area contributed by atoms with Crippen molar-refractivity contribution in [3.05, 3.63) is 36.2 Å². The number of ether oxygens (including phenoxy) is 1. The molecule has 0 radical (unpaired) electrons. The van der Waals surface area contributed by atoms with E-state index in [9.17, 15) is 0 Å². The molecule has 1 aromatic heterocycles. The van der Waals surface area contributed by atoms with Crippen LogP contribution in [0.4, 0.5) is 0 Å². The lowest BCUT2D eigenvalue weighted by atomic mass is 10.0. The third-order valence-electron chi connectivity index (χ3n) is 12.6. The van der Waals surface area contributed by atoms with Gasteiger partial charge in [0.05, 0.1) is 23.7 Å². The fourth-order valence-electron chi connectivity index (χ4n) is 10.6. The molecule has 3 rings (SSSR count). The van der Waals surface area contributed by atoms with Crippen molar-refractivity contribution in [3.63, 3.8) is 0 Å². The van der Waals surface area contributed by atoms with Gasteiger partial charge < -0.3 is 22.6 Å². The van der Waals surface area contributed by atoms with E-state index in [1.54, 1.807) is 0 Å². The third kappa shape index (κ3) is 7.84. The van der Waals surface area contributed by atoms with Gasteiger partial charge in [-0.2, -0.15) is 0 Å². The summed E-state index contributed by atoms with van der Waals surface area (Å²) in [7, 11) is -4.86. The molecule has 286 valence electrons. The zero-order chi connectivity index (χ0) is 38.1. The molecular formula is C41H76N2O4Si3. The first-order valence-corrected chi connectivity index (χ1v) is 26.3. The second kappa shape index (κ2) is 16.8. The van der Waals surface area contributed by atoms with Crippen LogP contribution in [0.1, 0.15) is 130 Å². The van der Waals surface area contributed by atoms with Crippen LogP contribution in [-0.2, 0) is 25.1 Å². The summed E-state index contributed by atoms with van der Waals surface area (Å²) in [6.45, 7) is 43.2. The molecule has 6 nitrogen and oxygen atoms in total. The Kier molecular flexibility index (Phi) is 14.5. The largest absolute Gasteiger partial charge is 0.482 e. The minimum absolute atomic E-state index is 0.289. The van der Waals surface area contributed by atoms with Gasteiger partial charge in [0.25, 0.3) is 0 Å². The number of benzene rings is 1. The minimum Gasteiger partial charge on any atom is -0.482 e. The molecule has 0 spiro atoms. The molecule has 0 saturated carbocycles. The molecule has 50 heavy (non-hydrogen) atoms. The van der Waals surface area contributed by atoms with E-state index in [0.717, 1.165) is 22.6 Å². The smallest absolute Gasteiger partial charge is 0.201 e. The second-order valence-corrected chi connectivity index (χ2v) is 34.4. The lowest BCUT2D eigenvalue weighted by Gasteiger charge is -2.52. The molecule has 2 heterocycles. The molecule has 1 aliphatic rings. The number of aromatic nitrogens is 2. The van der Waals surface area contributed by atoms with Gasteiger partial charge >= 0.3 is 0 Å². The standard InChI is InChI=1S/C41H76N2O4Si3/c1-26(2)48(27(3)4,28(5)6)44-25-39-40(47-50(32(13)14,33(15)16)34(17)18)37(46-49(29(7)8,30(9)10)31(11)12)24-38(45-39)41-42-35-22-20-21-23-36(35)43(41)19/h20-24,26-34,37,39-40H,25H2,1-19H3/t37-,39-,40+/m1/s1. The molecule has 0 amide bonds. The molecule has 2 aromatic rings. The molecule has 3 atom stereocenters. The Labute approximate surface area is 310 Å². The monoisotopic (exact) mass is 745 g/mol. The van der Waals surface area contributed by atoms with Gasteiger partial charge in [-0.25, -0.2) is 4.98 Å². The molecule has 1 aromatic carbocycles. The van der Waals surface area contributed by atoms with E-state index in [1.165, 1.54) is 0 Å². The van der Waals surface area contributed by atoms with Crippen LogP contribution >= 0.6 is 0 Å². The third-order valence-corrected chi connectivity index (χ3v) is 30.9. The molecule has 0 unspecified atom stereocenters. The highest BCUT2D eigenvalue weighted by Gasteiger charge is 2.55. The van der Waals surface area contributed by atoms with Gasteiger partial charge in [-0.05, 0) is 68.1 Å². The number of para-hydroxylation sites is 2. The Morgan fingerprint density at radius 1 is 0.620 bits per heavy atom. The van der Waals surface area contributed by atoms with Crippen molar-refractivity contribution < 1.29 is 18.0 Å². The summed E-state index contributed by atoms with van der Waals surface area (Å²) in [5, 5.41) is 0. The summed E-state index contributed by atoms with van der Waals surface area (Å²) >= 11 is 0. The van der Waals surface area contributed by atoms with Crippen LogP contribution in [0.15, 0.2) is 30.3 Å². The van der Waals surface area contributed by atoms with Crippen molar-refractivity contribution >= 4 is 41.7 Å². The number of aryl methyl sites for hydroxylation is 1. The van der Waals surface area contributed by atoms with Gasteiger partial charge in [0.1, 0.15) is 12.2 Å². The molecule has 9 heteroatoms. The van der Waals surface area contributed by atoms with Crippen LogP contribution in [0, 0.1) is 0 Å². The highest BCUT2D eigenvalue weighted by Crippen LogP contribution is 2.49. The van der Waals surface area contributed by atoms with Gasteiger partial charge in [0, 0.05) is 7.05 Å². The number of hydrogen-bond donors (Lipinski definition) is 0. The van der Waals surface area contributed by atoms with Gasteiger partial charge in [-0.3, -0.25) is 0 Å². The van der Waals surface area contributed by atoms with Crippen LogP contribution in [0.2, 0.25) is 49.9 Å². The fourth-order valence-corrected chi connectivity index (χ4v) is 27.1. The summed E-state index contributed by atoms with van der Waals surface area (Å²) in [5.74, 6) is 1.60. The van der Waals surface area contributed by atoms with E-state index < -0.39 is 25.0 Å². The van der Waals surface area contributed by atoms with Crippen LogP contribution in [0.25, 0.3) is 16.8 Å². The summed E-state index contributed by atoms with van der Waals surface area (Å²) in [6, 6.07) is 8.34. The minimum atomic E-state index is -2.37. The molecule has 0 aliphatic carbocycles. The van der Waals surface area contributed by atoms with E-state index in [1.807, 2.05) is 0 Å². The topological polar surface area (TPSA) is 54.7 Å². The quantitative estimate of drug-likeness (QED) is 0.151. The van der Waals surface area contributed by atoms with Gasteiger partial charge in [-0.15, -0.1) is 0 Å². The summed E-state index contributed by atoms with van der Waals surface area (Å²) in [4.78, 5) is 5.15. The Balaban J connectivity index is 2.38. The van der Waals surface area contributed by atoms with E-state index in [4.69, 9.17) is 23.0 Å². The van der Waals surface area contributed by atoms with Crippen LogP contribution < -0.4 is 0 Å². The van der Waals surface area contributed by atoms with Crippen LogP contribution in [-0.4, -0.2) is 59.4 Å². The Hall–Kier alpha value is -1.24. The van der Waals surface area contributed by atoms with Crippen molar-refractivity contribution in [3.8, 4) is 0 Å². The Morgan fingerprint density at radius 2 is 1.04 bits per heavy atom. The first-order valence-electron chi connectivity index (χ1n) is 19.9. The number of hydrogen-bond acceptors (Lipinski definition) is 5. The number of imidazole rings is 1. The molecule has 0 N–H and O–H groups in total. The fraction of sp³-hybridized carbons (Fsp3) is 0.780. The zero-order valence-corrected chi connectivity index (χ0v) is 38.5. The van der Waals surface area contributed by atoms with Gasteiger partial charge in [0.15, 0.2) is 11.6 Å². The molecule has 0 bridgehead atoms. The van der Waals surface area contributed by atoms with Gasteiger partial charge in [-0.1, -0.05) is 137 Å². The maximum Gasteiger partial charge on any atom is 0.201 e. The van der Waals surface area contributed by atoms with E-state index in [2.05, 4.69) is 167 Å². The lowest BCUT2D eigenvalue weighted by Crippen LogP contribution is -2.61. The predicted molar refractivity (Wildman–Crippen MR) is 222 cm³/mol. The second-order valence-electron chi connectivity index (χ2n) is 18.1. The summed E-state index contributed by atoms with van der Waals surface area (Å²) in [6.07, 6.45) is 1.32. The molecule has 0 saturated heterocycles. The van der Waals surface area contributed by atoms with Crippen LogP contribution in [0.5, 0.6) is 0 Å². The van der Waals surface area contributed by atoms with E-state index in [0.29, 0.717) is 56.5 Å². The van der Waals surface area contributed by atoms with Crippen LogP contribution in [0.3, 0.4) is 0 Å². The molecule has 0 fully saturated rings. The normalized spacial score (nSPS) is 19.9. The van der Waals surface area contributed by atoms with E-state index >= 15 is 0 Å². The highest BCUT2D eigenvalue weighted by atomic mass is 28.4. The highest BCUT2D eigenvalue weighted by molar-refractivity contribution is 6.78. The maximum atomic E-state index is 7.87. The van der Waals surface area contributed by atoms with Crippen molar-refractivity contribution in [2.45, 2.75) is 193 Å². The Morgan fingerprint density at radius 3 is 1.46 bits per heavy atom. The zero-order valence-electron chi connectivity index (χ0n) is 35.5. The molecular weight excluding hydrogens is 669 g/mol. The lowest BCUT2D eigenvalue weighted by molar-refractivity contribution is -0.0624. The maximum absolute atomic E-state index is 7.87. The first-order chi connectivity index (χ1) is 23.1. The average Bonchev–Trinajstić information content (AvgIpc) is 3.33. The van der Waals surface area contributed by atoms with Crippen molar-refractivity contribution in [2.75, 3.05) is 6.61 Å². The molecule has 1 aliphatic heterocycles. The first kappa shape index (κ1) is 43.2. The predicted octanol–water partition coefficient (Wildman–Crippen LogP) is 12.6.